The normalized spacial score (nSPS) is 29.4. The van der Waals surface area contributed by atoms with Gasteiger partial charge in [0.2, 0.25) is 0 Å². The van der Waals surface area contributed by atoms with E-state index < -0.39 is 0 Å². The minimum Gasteiger partial charge on any atom is -0.300 e. The monoisotopic (exact) mass is 118 g/mol. The van der Waals surface area contributed by atoms with Crippen LogP contribution in [0.4, 0.5) is 0 Å². The van der Waals surface area contributed by atoms with E-state index >= 15 is 0 Å². The van der Waals surface area contributed by atoms with Crippen molar-refractivity contribution in [3.63, 3.8) is 0 Å². The fourth-order valence-corrected chi connectivity index (χ4v) is 0.715. The Bertz CT molecular complexity index is 91.7. The molecule has 0 aromatic rings. The summed E-state index contributed by atoms with van der Waals surface area (Å²) in [5.74, 6) is 5.22. The van der Waals surface area contributed by atoms with Gasteiger partial charge in [-0.05, 0) is 0 Å². The van der Waals surface area contributed by atoms with E-state index in [-0.39, 0.29) is 5.50 Å². The Labute approximate surface area is 45.7 Å². The standard InChI is InChI=1S/C2H6N4S/c3-2-6(4)1-5-7-2/h1-2H,3-4H2. The molecule has 4 nitrogen and oxygen atoms in total. The van der Waals surface area contributed by atoms with E-state index in [1.54, 1.807) is 0 Å². The third-order valence-electron chi connectivity index (χ3n) is 0.643. The van der Waals surface area contributed by atoms with Crippen LogP contribution in [-0.4, -0.2) is 16.8 Å². The van der Waals surface area contributed by atoms with Crippen molar-refractivity contribution in [2.24, 2.45) is 16.0 Å². The first-order valence-corrected chi connectivity index (χ1v) is 2.62. The number of rotatable bonds is 0. The molecular weight excluding hydrogens is 112 g/mol. The van der Waals surface area contributed by atoms with Gasteiger partial charge < -0.3 is 0 Å². The molecule has 4 N–H and O–H groups in total. The molecule has 0 bridgehead atoms. The molecule has 0 aliphatic carbocycles. The second-order valence-corrected chi connectivity index (χ2v) is 2.07. The van der Waals surface area contributed by atoms with Gasteiger partial charge >= 0.3 is 0 Å². The Balaban J connectivity index is 2.45. The van der Waals surface area contributed by atoms with Gasteiger partial charge in [-0.2, -0.15) is 0 Å². The molecule has 0 saturated heterocycles. The van der Waals surface area contributed by atoms with Crippen LogP contribution in [-0.2, 0) is 0 Å². The van der Waals surface area contributed by atoms with Gasteiger partial charge in [0.15, 0.2) is 5.50 Å². The molecule has 0 amide bonds. The lowest BCUT2D eigenvalue weighted by Gasteiger charge is -2.09. The largest absolute Gasteiger partial charge is 0.300 e. The smallest absolute Gasteiger partial charge is 0.162 e. The van der Waals surface area contributed by atoms with Crippen LogP contribution in [0, 0.1) is 0 Å². The van der Waals surface area contributed by atoms with Gasteiger partial charge in [0, 0.05) is 11.9 Å². The third-order valence-corrected chi connectivity index (χ3v) is 1.32. The van der Waals surface area contributed by atoms with Crippen LogP contribution < -0.4 is 11.6 Å². The van der Waals surface area contributed by atoms with Crippen molar-refractivity contribution < 1.29 is 0 Å². The first kappa shape index (κ1) is 4.89. The van der Waals surface area contributed by atoms with Crippen molar-refractivity contribution in [2.45, 2.75) is 5.50 Å². The minimum atomic E-state index is -0.181. The van der Waals surface area contributed by atoms with Crippen LogP contribution in [0.3, 0.4) is 0 Å². The highest BCUT2D eigenvalue weighted by atomic mass is 32.2. The molecular formula is C2H6N4S. The van der Waals surface area contributed by atoms with Crippen molar-refractivity contribution in [3.05, 3.63) is 0 Å². The van der Waals surface area contributed by atoms with E-state index in [4.69, 9.17) is 11.6 Å². The summed E-state index contributed by atoms with van der Waals surface area (Å²) in [4.78, 5) is 0. The van der Waals surface area contributed by atoms with Crippen molar-refractivity contribution >= 4 is 18.3 Å². The molecule has 1 aliphatic heterocycles. The molecule has 1 atom stereocenters. The van der Waals surface area contributed by atoms with Gasteiger partial charge in [-0.3, -0.25) is 10.7 Å². The highest BCUT2D eigenvalue weighted by molar-refractivity contribution is 7.98. The predicted molar refractivity (Wildman–Crippen MR) is 30.1 cm³/mol. The van der Waals surface area contributed by atoms with Crippen LogP contribution >= 0.6 is 11.9 Å². The Morgan fingerprint density at radius 3 is 2.71 bits per heavy atom. The molecule has 1 unspecified atom stereocenters. The highest BCUT2D eigenvalue weighted by Crippen LogP contribution is 2.12. The van der Waals surface area contributed by atoms with Gasteiger partial charge in [-0.15, -0.1) is 0 Å². The zero-order valence-electron chi connectivity index (χ0n) is 3.61. The molecule has 0 spiro atoms. The summed E-state index contributed by atoms with van der Waals surface area (Å²) in [6, 6.07) is 0. The van der Waals surface area contributed by atoms with Crippen LogP contribution in [0.2, 0.25) is 0 Å². The Kier molecular flexibility index (Phi) is 1.18. The summed E-state index contributed by atoms with van der Waals surface area (Å²) in [6.45, 7) is 0. The average Bonchev–Trinajstić information content (AvgIpc) is 1.91. The second kappa shape index (κ2) is 1.69. The SMILES string of the molecule is NC1SN=CN1N. The van der Waals surface area contributed by atoms with E-state index in [0.717, 1.165) is 0 Å². The Hall–Kier alpha value is -0.260. The maximum atomic E-state index is 5.32. The van der Waals surface area contributed by atoms with Crippen LogP contribution in [0.1, 0.15) is 0 Å². The molecule has 7 heavy (non-hydrogen) atoms. The summed E-state index contributed by atoms with van der Waals surface area (Å²) in [5.41, 5.74) is 5.14. The molecule has 1 heterocycles. The van der Waals surface area contributed by atoms with Crippen molar-refractivity contribution in [1.29, 1.82) is 0 Å². The predicted octanol–water partition coefficient (Wildman–Crippen LogP) is -0.905. The quantitative estimate of drug-likeness (QED) is 0.319. The molecule has 1 aliphatic rings. The summed E-state index contributed by atoms with van der Waals surface area (Å²) in [7, 11) is 0. The maximum absolute atomic E-state index is 5.32. The molecule has 5 heteroatoms. The molecule has 1 rings (SSSR count). The fourth-order valence-electron chi connectivity index (χ4n) is 0.264. The lowest BCUT2D eigenvalue weighted by Crippen LogP contribution is -2.40. The highest BCUT2D eigenvalue weighted by Gasteiger charge is 2.11. The minimum absolute atomic E-state index is 0.181. The molecule has 0 aromatic carbocycles. The van der Waals surface area contributed by atoms with Crippen molar-refractivity contribution in [2.75, 3.05) is 0 Å². The third kappa shape index (κ3) is 0.846. The number of nitrogens with two attached hydrogens (primary N) is 2. The topological polar surface area (TPSA) is 67.6 Å². The van der Waals surface area contributed by atoms with E-state index in [1.165, 1.54) is 23.3 Å². The van der Waals surface area contributed by atoms with E-state index in [2.05, 4.69) is 4.40 Å². The lowest BCUT2D eigenvalue weighted by molar-refractivity contribution is 0.443. The Morgan fingerprint density at radius 1 is 1.86 bits per heavy atom. The lowest BCUT2D eigenvalue weighted by atomic mass is 11.0. The fraction of sp³-hybridized carbons (Fsp3) is 0.500. The van der Waals surface area contributed by atoms with E-state index in [1.807, 2.05) is 0 Å². The van der Waals surface area contributed by atoms with Gasteiger partial charge in [0.25, 0.3) is 0 Å². The molecule has 0 fully saturated rings. The van der Waals surface area contributed by atoms with E-state index in [0.29, 0.717) is 0 Å². The molecule has 0 radical (unpaired) electrons. The Morgan fingerprint density at radius 2 is 2.57 bits per heavy atom. The van der Waals surface area contributed by atoms with E-state index in [9.17, 15) is 0 Å². The van der Waals surface area contributed by atoms with Crippen LogP contribution in [0.25, 0.3) is 0 Å². The number of hydrogen-bond acceptors (Lipinski definition) is 5. The van der Waals surface area contributed by atoms with Gasteiger partial charge in [0.1, 0.15) is 6.34 Å². The van der Waals surface area contributed by atoms with Crippen LogP contribution in [0.5, 0.6) is 0 Å². The van der Waals surface area contributed by atoms with Crippen molar-refractivity contribution in [1.82, 2.24) is 5.01 Å². The summed E-state index contributed by atoms with van der Waals surface area (Å²) < 4.78 is 3.71. The van der Waals surface area contributed by atoms with Gasteiger partial charge in [-0.1, -0.05) is 0 Å². The van der Waals surface area contributed by atoms with Gasteiger partial charge in [0.05, 0.1) is 0 Å². The number of hydrazine groups is 1. The summed E-state index contributed by atoms with van der Waals surface area (Å²) >= 11 is 1.25. The summed E-state index contributed by atoms with van der Waals surface area (Å²) in [5, 5.41) is 1.35. The number of nitrogens with zero attached hydrogens (tertiary/aromatic N) is 2. The molecule has 0 aromatic heterocycles. The molecule has 0 saturated carbocycles. The second-order valence-electron chi connectivity index (χ2n) is 1.16. The molecule has 40 valence electrons. The number of hydrogen-bond donors (Lipinski definition) is 2. The maximum Gasteiger partial charge on any atom is 0.162 e. The van der Waals surface area contributed by atoms with Crippen LogP contribution in [0.15, 0.2) is 4.40 Å². The zero-order valence-corrected chi connectivity index (χ0v) is 4.43. The average molecular weight is 118 g/mol. The first-order valence-electron chi connectivity index (χ1n) is 1.78. The van der Waals surface area contributed by atoms with Crippen molar-refractivity contribution in [3.8, 4) is 0 Å². The zero-order chi connectivity index (χ0) is 5.28. The summed E-state index contributed by atoms with van der Waals surface area (Å²) in [6.07, 6.45) is 1.50. The first-order chi connectivity index (χ1) is 3.30. The van der Waals surface area contributed by atoms with Gasteiger partial charge in [-0.25, -0.2) is 10.2 Å².